The largest absolute Gasteiger partial charge is 0.461 e. The Bertz CT molecular complexity index is 1730. The van der Waals surface area contributed by atoms with Gasteiger partial charge in [0.25, 0.3) is 0 Å². The third-order valence-electron chi connectivity index (χ3n) is 7.73. The second kappa shape index (κ2) is 14.6. The van der Waals surface area contributed by atoms with Gasteiger partial charge in [-0.3, -0.25) is 4.79 Å². The zero-order valence-corrected chi connectivity index (χ0v) is 28.7. The molecule has 2 aromatic heterocycles. The van der Waals surface area contributed by atoms with Gasteiger partial charge in [0, 0.05) is 52.2 Å². The molecule has 2 aliphatic rings. The van der Waals surface area contributed by atoms with Gasteiger partial charge in [0.2, 0.25) is 5.91 Å². The van der Waals surface area contributed by atoms with Gasteiger partial charge in [0.1, 0.15) is 0 Å². The highest BCUT2D eigenvalue weighted by Crippen LogP contribution is 2.29. The van der Waals surface area contributed by atoms with E-state index in [0.29, 0.717) is 31.8 Å². The van der Waals surface area contributed by atoms with Gasteiger partial charge in [-0.1, -0.05) is 44.0 Å². The van der Waals surface area contributed by atoms with Crippen molar-refractivity contribution in [3.8, 4) is 11.4 Å². The lowest BCUT2D eigenvalue weighted by Gasteiger charge is -2.26. The topological polar surface area (TPSA) is 109 Å². The van der Waals surface area contributed by atoms with Gasteiger partial charge in [0.15, 0.2) is 11.4 Å². The van der Waals surface area contributed by atoms with E-state index in [9.17, 15) is 14.4 Å². The van der Waals surface area contributed by atoms with E-state index in [2.05, 4.69) is 42.1 Å². The first-order valence-electron chi connectivity index (χ1n) is 15.0. The summed E-state index contributed by atoms with van der Waals surface area (Å²) in [7, 11) is 0. The minimum atomic E-state index is -0.451. The van der Waals surface area contributed by atoms with Crippen LogP contribution in [0.1, 0.15) is 77.1 Å². The van der Waals surface area contributed by atoms with Gasteiger partial charge >= 0.3 is 11.9 Å². The Morgan fingerprint density at radius 3 is 1.78 bits per heavy atom. The summed E-state index contributed by atoms with van der Waals surface area (Å²) in [6.07, 6.45) is 4.73. The van der Waals surface area contributed by atoms with Crippen LogP contribution >= 0.6 is 31.9 Å². The van der Waals surface area contributed by atoms with E-state index in [4.69, 9.17) is 9.47 Å². The summed E-state index contributed by atoms with van der Waals surface area (Å²) < 4.78 is 15.9. The number of hydrogen-bond acceptors (Lipinski definition) is 7. The van der Waals surface area contributed by atoms with Crippen molar-refractivity contribution in [2.45, 2.75) is 59.4 Å². The highest BCUT2D eigenvalue weighted by atomic mass is 79.9. The summed E-state index contributed by atoms with van der Waals surface area (Å²) in [5.41, 5.74) is 6.53. The highest BCUT2D eigenvalue weighted by Gasteiger charge is 2.30. The summed E-state index contributed by atoms with van der Waals surface area (Å²) in [6, 6.07) is 15.7. The average Bonchev–Trinajstić information content (AvgIpc) is 3.61. The maximum atomic E-state index is 12.3. The van der Waals surface area contributed by atoms with Crippen LogP contribution in [0.3, 0.4) is 0 Å². The summed E-state index contributed by atoms with van der Waals surface area (Å²) in [5.74, 6) is -0.775. The smallest absolute Gasteiger partial charge is 0.359 e. The van der Waals surface area contributed by atoms with Crippen molar-refractivity contribution in [2.75, 3.05) is 19.8 Å². The van der Waals surface area contributed by atoms with E-state index in [1.54, 1.807) is 16.5 Å². The lowest BCUT2D eigenvalue weighted by atomic mass is 9.95. The number of amides is 1. The molecule has 12 heteroatoms. The molecule has 1 aliphatic heterocycles. The Hall–Kier alpha value is -3.77. The van der Waals surface area contributed by atoms with Crippen LogP contribution in [0.4, 0.5) is 0 Å². The van der Waals surface area contributed by atoms with Gasteiger partial charge in [-0.15, -0.1) is 0 Å². The molecule has 0 spiro atoms. The number of rotatable bonds is 6. The molecule has 0 unspecified atom stereocenters. The van der Waals surface area contributed by atoms with Crippen LogP contribution in [-0.2, 0) is 40.1 Å². The molecule has 0 saturated carbocycles. The Morgan fingerprint density at radius 2 is 1.27 bits per heavy atom. The van der Waals surface area contributed by atoms with Crippen LogP contribution in [0.15, 0.2) is 57.5 Å². The quantitative estimate of drug-likeness (QED) is 0.211. The summed E-state index contributed by atoms with van der Waals surface area (Å²) in [6.45, 7) is 6.77. The predicted molar refractivity (Wildman–Crippen MR) is 176 cm³/mol. The van der Waals surface area contributed by atoms with Gasteiger partial charge in [-0.2, -0.15) is 10.2 Å². The molecule has 0 saturated heterocycles. The van der Waals surface area contributed by atoms with Crippen molar-refractivity contribution in [3.63, 3.8) is 0 Å². The number of carbonyl (C=O) groups excluding carboxylic acids is 3. The van der Waals surface area contributed by atoms with Gasteiger partial charge in [-0.25, -0.2) is 19.0 Å². The van der Waals surface area contributed by atoms with E-state index in [0.717, 1.165) is 68.5 Å². The van der Waals surface area contributed by atoms with E-state index in [1.165, 1.54) is 6.92 Å². The molecule has 0 atom stereocenters. The molecule has 10 nitrogen and oxygen atoms in total. The molecule has 2 aromatic carbocycles. The fraction of sp³-hybridized carbons (Fsp3) is 0.364. The summed E-state index contributed by atoms with van der Waals surface area (Å²) in [4.78, 5) is 37.8. The molecular formula is C33H35Br2N5O5. The van der Waals surface area contributed by atoms with Gasteiger partial charge < -0.3 is 14.4 Å². The van der Waals surface area contributed by atoms with Crippen LogP contribution in [0, 0.1) is 0 Å². The van der Waals surface area contributed by atoms with Crippen molar-refractivity contribution in [1.82, 2.24) is 24.5 Å². The number of fused-ring (bicyclic) bond motifs is 2. The molecule has 45 heavy (non-hydrogen) atoms. The van der Waals surface area contributed by atoms with Crippen molar-refractivity contribution >= 4 is 49.7 Å². The molecule has 1 amide bonds. The summed E-state index contributed by atoms with van der Waals surface area (Å²) >= 11 is 6.94. The molecule has 4 aromatic rings. The molecule has 0 bridgehead atoms. The molecule has 236 valence electrons. The first kappa shape index (κ1) is 32.6. The zero-order valence-electron chi connectivity index (χ0n) is 25.5. The van der Waals surface area contributed by atoms with Crippen molar-refractivity contribution < 1.29 is 23.9 Å². The highest BCUT2D eigenvalue weighted by molar-refractivity contribution is 9.10. The summed E-state index contributed by atoms with van der Waals surface area (Å²) in [5, 5.41) is 9.04. The Kier molecular flexibility index (Phi) is 10.5. The predicted octanol–water partition coefficient (Wildman–Crippen LogP) is 6.41. The third-order valence-corrected chi connectivity index (χ3v) is 8.71. The van der Waals surface area contributed by atoms with Crippen LogP contribution in [-0.4, -0.2) is 62.1 Å². The molecule has 0 N–H and O–H groups in total. The van der Waals surface area contributed by atoms with Crippen LogP contribution in [0.25, 0.3) is 11.4 Å². The molecule has 0 fully saturated rings. The van der Waals surface area contributed by atoms with Crippen LogP contribution in [0.5, 0.6) is 0 Å². The lowest BCUT2D eigenvalue weighted by molar-refractivity contribution is -0.129. The monoisotopic (exact) mass is 739 g/mol. The van der Waals surface area contributed by atoms with Crippen molar-refractivity contribution in [2.24, 2.45) is 0 Å². The Labute approximate surface area is 278 Å². The maximum absolute atomic E-state index is 12.3. The SMILES string of the molecule is CCOC(=O)c1nn(-c2cccc(Br)c2)c2c1CCCC2.CCOC(=O)c1nn(-c2cccc(Br)c2)c2c1CN(C(C)=O)CC2. The second-order valence-corrected chi connectivity index (χ2v) is 12.5. The fourth-order valence-electron chi connectivity index (χ4n) is 5.66. The number of nitrogens with zero attached hydrogens (tertiary/aromatic N) is 5. The first-order valence-corrected chi connectivity index (χ1v) is 16.6. The first-order chi connectivity index (χ1) is 21.7. The average molecular weight is 741 g/mol. The maximum Gasteiger partial charge on any atom is 0.359 e. The second-order valence-electron chi connectivity index (χ2n) is 10.7. The van der Waals surface area contributed by atoms with E-state index in [1.807, 2.05) is 60.1 Å². The number of aromatic nitrogens is 4. The number of hydrogen-bond donors (Lipinski definition) is 0. The van der Waals surface area contributed by atoms with E-state index in [-0.39, 0.29) is 24.2 Å². The molecule has 1 aliphatic carbocycles. The molecule has 3 heterocycles. The fourth-order valence-corrected chi connectivity index (χ4v) is 6.43. The van der Waals surface area contributed by atoms with Crippen LogP contribution in [0.2, 0.25) is 0 Å². The standard InChI is InChI=1S/C17H18BrN3O3.C16H17BrN2O2/c1-3-24-17(23)16-14-10-20(11(2)22)8-7-15(14)21(19-16)13-6-4-5-12(18)9-13;1-2-21-16(20)15-13-8-3-4-9-14(13)19(18-15)12-7-5-6-11(17)10-12/h4-6,9H,3,7-8,10H2,1-2H3;5-7,10H,2-4,8-9H2,1H3. The van der Waals surface area contributed by atoms with Crippen molar-refractivity contribution in [1.29, 1.82) is 0 Å². The van der Waals surface area contributed by atoms with Crippen LogP contribution < -0.4 is 0 Å². The van der Waals surface area contributed by atoms with Gasteiger partial charge in [0.05, 0.1) is 30.3 Å². The van der Waals surface area contributed by atoms with Crippen molar-refractivity contribution in [3.05, 3.63) is 91.4 Å². The lowest BCUT2D eigenvalue weighted by Crippen LogP contribution is -2.35. The normalized spacial score (nSPS) is 13.7. The van der Waals surface area contributed by atoms with E-state index < -0.39 is 5.97 Å². The zero-order chi connectivity index (χ0) is 32.1. The molecular weight excluding hydrogens is 706 g/mol. The molecule has 6 rings (SSSR count). The Balaban J connectivity index is 0.000000179. The molecule has 0 radical (unpaired) electrons. The minimum Gasteiger partial charge on any atom is -0.461 e. The number of ether oxygens (including phenoxy) is 2. The number of benzene rings is 2. The minimum absolute atomic E-state index is 0.00864. The van der Waals surface area contributed by atoms with E-state index >= 15 is 0 Å². The number of esters is 2. The number of carbonyl (C=O) groups is 3. The Morgan fingerprint density at radius 1 is 0.756 bits per heavy atom. The third kappa shape index (κ3) is 7.22. The number of halogens is 2. The van der Waals surface area contributed by atoms with Gasteiger partial charge in [-0.05, 0) is 75.9 Å².